The number of aliphatic imine (C=N–C) groups is 1. The van der Waals surface area contributed by atoms with Gasteiger partial charge in [-0.1, -0.05) is 18.2 Å². The first kappa shape index (κ1) is 12.8. The molecule has 102 valence electrons. The summed E-state index contributed by atoms with van der Waals surface area (Å²) in [7, 11) is 0. The maximum absolute atomic E-state index is 14.1. The molecule has 0 bridgehead atoms. The summed E-state index contributed by atoms with van der Waals surface area (Å²) in [6, 6.07) is 11.0. The number of pyridine rings is 1. The summed E-state index contributed by atoms with van der Waals surface area (Å²) in [5.74, 6) is 0.635. The maximum Gasteiger partial charge on any atom is 0.128 e. The number of aromatic nitrogens is 1. The summed E-state index contributed by atoms with van der Waals surface area (Å²) >= 11 is 0. The van der Waals surface area contributed by atoms with E-state index in [0.29, 0.717) is 12.0 Å². The van der Waals surface area contributed by atoms with Crippen LogP contribution in [0.1, 0.15) is 16.8 Å². The second-order valence-electron chi connectivity index (χ2n) is 4.74. The lowest BCUT2D eigenvalue weighted by Crippen LogP contribution is -2.21. The van der Waals surface area contributed by atoms with Crippen LogP contribution in [0.5, 0.6) is 0 Å². The predicted molar refractivity (Wildman–Crippen MR) is 77.5 cm³/mol. The summed E-state index contributed by atoms with van der Waals surface area (Å²) in [5, 5.41) is 3.21. The average Bonchev–Trinajstić information content (AvgIpc) is 3.01. The Morgan fingerprint density at radius 1 is 1.10 bits per heavy atom. The van der Waals surface area contributed by atoms with Crippen molar-refractivity contribution in [1.29, 1.82) is 0 Å². The first-order valence-electron chi connectivity index (χ1n) is 6.80. The van der Waals surface area contributed by atoms with Crippen LogP contribution in [0, 0.1) is 5.82 Å². The van der Waals surface area contributed by atoms with E-state index in [4.69, 9.17) is 0 Å². The number of aryl methyl sites for hydroxylation is 1. The summed E-state index contributed by atoms with van der Waals surface area (Å²) in [4.78, 5) is 8.67. The van der Waals surface area contributed by atoms with Crippen molar-refractivity contribution in [2.24, 2.45) is 4.99 Å². The Balaban J connectivity index is 1.85. The number of rotatable bonds is 4. The van der Waals surface area contributed by atoms with Crippen LogP contribution in [0.3, 0.4) is 0 Å². The van der Waals surface area contributed by atoms with Gasteiger partial charge in [-0.15, -0.1) is 0 Å². The molecule has 3 rings (SSSR count). The lowest BCUT2D eigenvalue weighted by Gasteiger charge is -2.11. The van der Waals surface area contributed by atoms with Gasteiger partial charge in [0.25, 0.3) is 0 Å². The zero-order chi connectivity index (χ0) is 13.8. The van der Waals surface area contributed by atoms with E-state index in [1.54, 1.807) is 12.3 Å². The van der Waals surface area contributed by atoms with Crippen molar-refractivity contribution in [1.82, 2.24) is 10.3 Å². The Bertz CT molecular complexity index is 623. The number of amidine groups is 1. The molecule has 0 unspecified atom stereocenters. The van der Waals surface area contributed by atoms with Crippen molar-refractivity contribution >= 4 is 5.84 Å². The molecule has 1 aliphatic rings. The molecular weight excluding hydrogens is 253 g/mol. The van der Waals surface area contributed by atoms with Crippen LogP contribution in [-0.4, -0.2) is 23.9 Å². The molecule has 3 nitrogen and oxygen atoms in total. The summed E-state index contributed by atoms with van der Waals surface area (Å²) < 4.78 is 14.1. The van der Waals surface area contributed by atoms with E-state index >= 15 is 0 Å². The molecule has 0 spiro atoms. The van der Waals surface area contributed by atoms with Crippen LogP contribution in [0.15, 0.2) is 47.6 Å². The number of benzene rings is 1. The average molecular weight is 269 g/mol. The van der Waals surface area contributed by atoms with Crippen LogP contribution in [0.4, 0.5) is 4.39 Å². The van der Waals surface area contributed by atoms with Crippen LogP contribution in [-0.2, 0) is 12.8 Å². The predicted octanol–water partition coefficient (Wildman–Crippen LogP) is 2.36. The topological polar surface area (TPSA) is 37.3 Å². The highest BCUT2D eigenvalue weighted by molar-refractivity contribution is 6.01. The molecule has 2 heterocycles. The fourth-order valence-electron chi connectivity index (χ4n) is 2.41. The summed E-state index contributed by atoms with van der Waals surface area (Å²) in [6.07, 6.45) is 3.11. The van der Waals surface area contributed by atoms with E-state index < -0.39 is 0 Å². The van der Waals surface area contributed by atoms with Crippen LogP contribution < -0.4 is 5.32 Å². The van der Waals surface area contributed by atoms with Gasteiger partial charge in [-0.3, -0.25) is 9.98 Å². The Hall–Kier alpha value is -2.23. The van der Waals surface area contributed by atoms with Gasteiger partial charge in [0.1, 0.15) is 11.7 Å². The van der Waals surface area contributed by atoms with Gasteiger partial charge in [-0.05, 0) is 36.6 Å². The van der Waals surface area contributed by atoms with E-state index in [9.17, 15) is 4.39 Å². The molecule has 0 radical (unpaired) electrons. The smallest absolute Gasteiger partial charge is 0.128 e. The minimum Gasteiger partial charge on any atom is -0.368 e. The molecule has 0 saturated heterocycles. The SMILES string of the molecule is Fc1cccc(C2=NCCN2)c1CCc1ccccn1. The Morgan fingerprint density at radius 3 is 2.80 bits per heavy atom. The summed E-state index contributed by atoms with van der Waals surface area (Å²) in [6.45, 7) is 1.58. The van der Waals surface area contributed by atoms with Crippen LogP contribution >= 0.6 is 0 Å². The first-order valence-corrected chi connectivity index (χ1v) is 6.80. The molecule has 0 fully saturated rings. The van der Waals surface area contributed by atoms with Crippen LogP contribution in [0.2, 0.25) is 0 Å². The van der Waals surface area contributed by atoms with E-state index in [-0.39, 0.29) is 5.82 Å². The third kappa shape index (κ3) is 2.69. The van der Waals surface area contributed by atoms with Gasteiger partial charge < -0.3 is 5.32 Å². The minimum absolute atomic E-state index is 0.171. The highest BCUT2D eigenvalue weighted by Crippen LogP contribution is 2.17. The van der Waals surface area contributed by atoms with Gasteiger partial charge in [0.15, 0.2) is 0 Å². The lowest BCUT2D eigenvalue weighted by atomic mass is 10.00. The largest absolute Gasteiger partial charge is 0.368 e. The molecule has 1 aromatic heterocycles. The van der Waals surface area contributed by atoms with Gasteiger partial charge in [-0.25, -0.2) is 4.39 Å². The zero-order valence-corrected chi connectivity index (χ0v) is 11.1. The second kappa shape index (κ2) is 5.82. The van der Waals surface area contributed by atoms with Gasteiger partial charge in [0.05, 0.1) is 6.54 Å². The maximum atomic E-state index is 14.1. The van der Waals surface area contributed by atoms with Crippen molar-refractivity contribution in [2.45, 2.75) is 12.8 Å². The Kier molecular flexibility index (Phi) is 3.72. The quantitative estimate of drug-likeness (QED) is 0.925. The third-order valence-electron chi connectivity index (χ3n) is 3.41. The van der Waals surface area contributed by atoms with E-state index in [1.165, 1.54) is 6.07 Å². The molecule has 2 aromatic rings. The van der Waals surface area contributed by atoms with Crippen molar-refractivity contribution < 1.29 is 4.39 Å². The summed E-state index contributed by atoms with van der Waals surface area (Å²) in [5.41, 5.74) is 2.56. The highest BCUT2D eigenvalue weighted by atomic mass is 19.1. The third-order valence-corrected chi connectivity index (χ3v) is 3.41. The standard InChI is InChI=1S/C16H16FN3/c17-15-6-3-5-14(16-19-10-11-20-16)13(15)8-7-12-4-1-2-9-18-12/h1-6,9H,7-8,10-11H2,(H,19,20). The number of nitrogens with zero attached hydrogens (tertiary/aromatic N) is 2. The zero-order valence-electron chi connectivity index (χ0n) is 11.1. The van der Waals surface area contributed by atoms with Gasteiger partial charge >= 0.3 is 0 Å². The molecule has 0 saturated carbocycles. The minimum atomic E-state index is -0.171. The van der Waals surface area contributed by atoms with Crippen molar-refractivity contribution in [3.63, 3.8) is 0 Å². The molecule has 0 atom stereocenters. The fourth-order valence-corrected chi connectivity index (χ4v) is 2.41. The van der Waals surface area contributed by atoms with Crippen LogP contribution in [0.25, 0.3) is 0 Å². The number of hydrogen-bond acceptors (Lipinski definition) is 3. The monoisotopic (exact) mass is 269 g/mol. The molecule has 20 heavy (non-hydrogen) atoms. The molecule has 0 amide bonds. The van der Waals surface area contributed by atoms with E-state index in [0.717, 1.165) is 36.6 Å². The molecule has 4 heteroatoms. The fraction of sp³-hybridized carbons (Fsp3) is 0.250. The molecule has 1 aromatic carbocycles. The second-order valence-corrected chi connectivity index (χ2v) is 4.74. The van der Waals surface area contributed by atoms with Gasteiger partial charge in [0, 0.05) is 24.0 Å². The normalized spacial score (nSPS) is 13.9. The van der Waals surface area contributed by atoms with Gasteiger partial charge in [-0.2, -0.15) is 0 Å². The van der Waals surface area contributed by atoms with E-state index in [2.05, 4.69) is 15.3 Å². The van der Waals surface area contributed by atoms with Crippen molar-refractivity contribution in [3.8, 4) is 0 Å². The Labute approximate surface area is 117 Å². The molecule has 0 aliphatic carbocycles. The lowest BCUT2D eigenvalue weighted by molar-refractivity contribution is 0.607. The van der Waals surface area contributed by atoms with Gasteiger partial charge in [0.2, 0.25) is 0 Å². The first-order chi connectivity index (χ1) is 9.84. The molecule has 1 N–H and O–H groups in total. The van der Waals surface area contributed by atoms with Crippen molar-refractivity contribution in [2.75, 3.05) is 13.1 Å². The highest BCUT2D eigenvalue weighted by Gasteiger charge is 2.15. The van der Waals surface area contributed by atoms with E-state index in [1.807, 2.05) is 24.3 Å². The Morgan fingerprint density at radius 2 is 2.05 bits per heavy atom. The van der Waals surface area contributed by atoms with Crippen molar-refractivity contribution in [3.05, 3.63) is 65.2 Å². The number of hydrogen-bond donors (Lipinski definition) is 1. The number of nitrogens with one attached hydrogen (secondary N) is 1. The molecular formula is C16H16FN3. The molecule has 1 aliphatic heterocycles. The number of halogens is 1.